The fourth-order valence-corrected chi connectivity index (χ4v) is 4.89. The highest BCUT2D eigenvalue weighted by Crippen LogP contribution is 2.42. The first kappa shape index (κ1) is 19.8. The van der Waals surface area contributed by atoms with E-state index in [4.69, 9.17) is 0 Å². The number of aromatic amines is 1. The summed E-state index contributed by atoms with van der Waals surface area (Å²) in [6.07, 6.45) is 7.05. The average Bonchev–Trinajstić information content (AvgIpc) is 3.20. The highest BCUT2D eigenvalue weighted by Gasteiger charge is 2.38. The van der Waals surface area contributed by atoms with E-state index < -0.39 is 0 Å². The number of hydrogen-bond acceptors (Lipinski definition) is 4. The molecule has 6 nitrogen and oxygen atoms in total. The molecular formula is C23H30N4O2. The standard InChI is InChI=1S/C23H30N4O2/c1-17-4-6-18(7-5-17)23(12-2-3-13-23)16-27-14-10-19(11-15-27)24-22(29)20-8-9-21(28)26-25-20/h4-9,19H,2-3,10-16H2,1H3,(H,24,29)(H,26,28). The van der Waals surface area contributed by atoms with Crippen LogP contribution in [0.3, 0.4) is 0 Å². The number of aryl methyl sites for hydroxylation is 1. The Morgan fingerprint density at radius 3 is 2.45 bits per heavy atom. The number of benzene rings is 1. The summed E-state index contributed by atoms with van der Waals surface area (Å²) in [4.78, 5) is 26.0. The molecule has 0 atom stereocenters. The highest BCUT2D eigenvalue weighted by molar-refractivity contribution is 5.92. The van der Waals surface area contributed by atoms with Gasteiger partial charge in [-0.2, -0.15) is 5.10 Å². The summed E-state index contributed by atoms with van der Waals surface area (Å²) in [6, 6.07) is 12.1. The van der Waals surface area contributed by atoms with Gasteiger partial charge in [-0.25, -0.2) is 5.10 Å². The lowest BCUT2D eigenvalue weighted by Gasteiger charge is -2.39. The van der Waals surface area contributed by atoms with Gasteiger partial charge in [0, 0.05) is 37.2 Å². The van der Waals surface area contributed by atoms with Crippen molar-refractivity contribution in [1.82, 2.24) is 20.4 Å². The molecular weight excluding hydrogens is 364 g/mol. The molecule has 4 rings (SSSR count). The zero-order chi connectivity index (χ0) is 20.3. The van der Waals surface area contributed by atoms with E-state index in [-0.39, 0.29) is 28.6 Å². The molecule has 1 aliphatic heterocycles. The monoisotopic (exact) mass is 394 g/mol. The molecule has 2 aliphatic rings. The minimum Gasteiger partial charge on any atom is -0.348 e. The minimum atomic E-state index is -0.302. The van der Waals surface area contributed by atoms with E-state index in [9.17, 15) is 9.59 Å². The highest BCUT2D eigenvalue weighted by atomic mass is 16.2. The van der Waals surface area contributed by atoms with Gasteiger partial charge in [0.15, 0.2) is 0 Å². The Bertz CT molecular complexity index is 871. The quantitative estimate of drug-likeness (QED) is 0.817. The van der Waals surface area contributed by atoms with Crippen molar-refractivity contribution in [2.45, 2.75) is 56.9 Å². The third kappa shape index (κ3) is 4.58. The van der Waals surface area contributed by atoms with E-state index >= 15 is 0 Å². The lowest BCUT2D eigenvalue weighted by Crippen LogP contribution is -2.48. The first-order chi connectivity index (χ1) is 14.0. The molecule has 1 saturated heterocycles. The van der Waals surface area contributed by atoms with Gasteiger partial charge in [0.1, 0.15) is 5.69 Å². The molecule has 2 fully saturated rings. The molecule has 2 heterocycles. The Hall–Kier alpha value is -2.47. The van der Waals surface area contributed by atoms with Gasteiger partial charge in [-0.3, -0.25) is 9.59 Å². The normalized spacial score (nSPS) is 19.9. The van der Waals surface area contributed by atoms with Gasteiger partial charge in [0.05, 0.1) is 0 Å². The fourth-order valence-electron chi connectivity index (χ4n) is 4.89. The summed E-state index contributed by atoms with van der Waals surface area (Å²) in [6.45, 7) is 5.25. The van der Waals surface area contributed by atoms with Gasteiger partial charge in [-0.05, 0) is 44.2 Å². The topological polar surface area (TPSA) is 78.1 Å². The van der Waals surface area contributed by atoms with Crippen molar-refractivity contribution in [2.24, 2.45) is 0 Å². The number of carbonyl (C=O) groups is 1. The second kappa shape index (κ2) is 8.49. The molecule has 0 radical (unpaired) electrons. The molecule has 154 valence electrons. The van der Waals surface area contributed by atoms with Crippen molar-refractivity contribution in [1.29, 1.82) is 0 Å². The number of likely N-dealkylation sites (tertiary alicyclic amines) is 1. The summed E-state index contributed by atoms with van der Waals surface area (Å²) >= 11 is 0. The van der Waals surface area contributed by atoms with Crippen molar-refractivity contribution < 1.29 is 4.79 Å². The number of piperidine rings is 1. The first-order valence-corrected chi connectivity index (χ1v) is 10.7. The third-order valence-corrected chi connectivity index (χ3v) is 6.59. The van der Waals surface area contributed by atoms with E-state index in [0.717, 1.165) is 32.5 Å². The van der Waals surface area contributed by atoms with Gasteiger partial charge < -0.3 is 10.2 Å². The number of aromatic nitrogens is 2. The second-order valence-electron chi connectivity index (χ2n) is 8.68. The van der Waals surface area contributed by atoms with Crippen LogP contribution in [0.5, 0.6) is 0 Å². The largest absolute Gasteiger partial charge is 0.348 e. The third-order valence-electron chi connectivity index (χ3n) is 6.59. The van der Waals surface area contributed by atoms with Gasteiger partial charge in [0.25, 0.3) is 11.5 Å². The predicted molar refractivity (Wildman–Crippen MR) is 113 cm³/mol. The van der Waals surface area contributed by atoms with E-state index in [1.54, 1.807) is 0 Å². The van der Waals surface area contributed by atoms with Gasteiger partial charge >= 0.3 is 0 Å². The number of hydrogen-bond donors (Lipinski definition) is 2. The van der Waals surface area contributed by atoms with Crippen LogP contribution < -0.4 is 10.9 Å². The van der Waals surface area contributed by atoms with Crippen LogP contribution in [0, 0.1) is 6.92 Å². The number of carbonyl (C=O) groups excluding carboxylic acids is 1. The Balaban J connectivity index is 1.34. The van der Waals surface area contributed by atoms with Crippen LogP contribution in [0.1, 0.15) is 60.1 Å². The second-order valence-corrected chi connectivity index (χ2v) is 8.68. The Kier molecular flexibility index (Phi) is 5.81. The smallest absolute Gasteiger partial charge is 0.271 e. The molecule has 1 amide bonds. The van der Waals surface area contributed by atoms with Crippen LogP contribution >= 0.6 is 0 Å². The zero-order valence-corrected chi connectivity index (χ0v) is 17.1. The van der Waals surface area contributed by atoms with Crippen LogP contribution in [-0.4, -0.2) is 46.7 Å². The van der Waals surface area contributed by atoms with Crippen LogP contribution in [-0.2, 0) is 5.41 Å². The maximum absolute atomic E-state index is 12.3. The van der Waals surface area contributed by atoms with Gasteiger partial charge in [0.2, 0.25) is 0 Å². The first-order valence-electron chi connectivity index (χ1n) is 10.7. The van der Waals surface area contributed by atoms with Crippen molar-refractivity contribution >= 4 is 5.91 Å². The number of nitrogens with one attached hydrogen (secondary N) is 2. The molecule has 29 heavy (non-hydrogen) atoms. The number of nitrogens with zero attached hydrogens (tertiary/aromatic N) is 2. The summed E-state index contributed by atoms with van der Waals surface area (Å²) in [5, 5.41) is 9.20. The average molecular weight is 395 g/mol. The maximum Gasteiger partial charge on any atom is 0.271 e. The molecule has 0 bridgehead atoms. The van der Waals surface area contributed by atoms with E-state index in [1.807, 2.05) is 0 Å². The van der Waals surface area contributed by atoms with Gasteiger partial charge in [-0.15, -0.1) is 0 Å². The molecule has 0 spiro atoms. The Labute approximate surface area is 171 Å². The lowest BCUT2D eigenvalue weighted by molar-refractivity contribution is 0.0895. The van der Waals surface area contributed by atoms with Crippen LogP contribution in [0.2, 0.25) is 0 Å². The maximum atomic E-state index is 12.3. The van der Waals surface area contributed by atoms with Crippen molar-refractivity contribution in [3.8, 4) is 0 Å². The van der Waals surface area contributed by atoms with Crippen LogP contribution in [0.25, 0.3) is 0 Å². The van der Waals surface area contributed by atoms with Crippen LogP contribution in [0.15, 0.2) is 41.2 Å². The molecule has 2 aromatic rings. The number of rotatable bonds is 5. The van der Waals surface area contributed by atoms with Crippen molar-refractivity contribution in [3.63, 3.8) is 0 Å². The summed E-state index contributed by atoms with van der Waals surface area (Å²) in [5.74, 6) is -0.216. The zero-order valence-electron chi connectivity index (χ0n) is 17.1. The SMILES string of the molecule is Cc1ccc(C2(CN3CCC(NC(=O)c4ccc(=O)[nH]n4)CC3)CCCC2)cc1. The number of H-pyrrole nitrogens is 1. The summed E-state index contributed by atoms with van der Waals surface area (Å²) in [5.41, 5.74) is 3.04. The van der Waals surface area contributed by atoms with Crippen molar-refractivity contribution in [2.75, 3.05) is 19.6 Å². The molecule has 1 saturated carbocycles. The van der Waals surface area contributed by atoms with E-state index in [0.29, 0.717) is 0 Å². The fraction of sp³-hybridized carbons (Fsp3) is 0.522. The van der Waals surface area contributed by atoms with E-state index in [2.05, 4.69) is 51.6 Å². The molecule has 6 heteroatoms. The molecule has 1 aromatic carbocycles. The lowest BCUT2D eigenvalue weighted by atomic mass is 9.77. The predicted octanol–water partition coefficient (Wildman–Crippen LogP) is 2.78. The Morgan fingerprint density at radius 2 is 1.83 bits per heavy atom. The molecule has 1 aromatic heterocycles. The number of amides is 1. The summed E-state index contributed by atoms with van der Waals surface area (Å²) in [7, 11) is 0. The van der Waals surface area contributed by atoms with Crippen LogP contribution in [0.4, 0.5) is 0 Å². The van der Waals surface area contributed by atoms with Crippen molar-refractivity contribution in [3.05, 3.63) is 63.6 Å². The van der Waals surface area contributed by atoms with E-state index in [1.165, 1.54) is 48.9 Å². The minimum absolute atomic E-state index is 0.159. The summed E-state index contributed by atoms with van der Waals surface area (Å²) < 4.78 is 0. The van der Waals surface area contributed by atoms with Gasteiger partial charge in [-0.1, -0.05) is 42.7 Å². The molecule has 1 aliphatic carbocycles. The molecule has 2 N–H and O–H groups in total. The molecule has 0 unspecified atom stereocenters. The Morgan fingerprint density at radius 1 is 1.14 bits per heavy atom.